The first-order valence-corrected chi connectivity index (χ1v) is 6.64. The fourth-order valence-corrected chi connectivity index (χ4v) is 2.08. The Labute approximate surface area is 117 Å². The van der Waals surface area contributed by atoms with Crippen LogP contribution in [0.25, 0.3) is 5.65 Å². The highest BCUT2D eigenvalue weighted by atomic mass is 15.2. The molecule has 3 aromatic heterocycles. The van der Waals surface area contributed by atoms with E-state index in [9.17, 15) is 0 Å². The fraction of sp³-hybridized carbons (Fsp3) is 0.267. The Morgan fingerprint density at radius 2 is 1.80 bits per heavy atom. The normalized spacial score (nSPS) is 11.1. The maximum absolute atomic E-state index is 4.39. The Morgan fingerprint density at radius 3 is 2.60 bits per heavy atom. The summed E-state index contributed by atoms with van der Waals surface area (Å²) in [6, 6.07) is 6.08. The van der Waals surface area contributed by atoms with Crippen LogP contribution in [0.15, 0.2) is 36.8 Å². The number of nitrogens with one attached hydrogen (secondary N) is 1. The predicted octanol–water partition coefficient (Wildman–Crippen LogP) is 2.03. The monoisotopic (exact) mass is 267 g/mol. The molecular formula is C15H17N5. The van der Waals surface area contributed by atoms with E-state index < -0.39 is 0 Å². The first-order valence-electron chi connectivity index (χ1n) is 6.64. The van der Waals surface area contributed by atoms with Crippen molar-refractivity contribution in [1.82, 2.24) is 24.9 Å². The molecule has 0 aliphatic carbocycles. The van der Waals surface area contributed by atoms with Crippen molar-refractivity contribution in [3.8, 4) is 0 Å². The van der Waals surface area contributed by atoms with Crippen molar-refractivity contribution in [2.45, 2.75) is 26.9 Å². The Hall–Kier alpha value is -2.27. The second-order valence-corrected chi connectivity index (χ2v) is 4.96. The minimum Gasteiger partial charge on any atom is -0.308 e. The minimum atomic E-state index is 0.760. The highest BCUT2D eigenvalue weighted by molar-refractivity contribution is 5.38. The highest BCUT2D eigenvalue weighted by Gasteiger charge is 2.01. The van der Waals surface area contributed by atoms with E-state index in [0.29, 0.717) is 0 Å². The van der Waals surface area contributed by atoms with Gasteiger partial charge in [0.25, 0.3) is 0 Å². The standard InChI is InChI=1S/C15H17N5/c1-11-3-4-13(8-17-11)6-16-7-14-9-18-15-5-12(2)19-20(15)10-14/h3-5,8-10,16H,6-7H2,1-2H3. The van der Waals surface area contributed by atoms with Gasteiger partial charge in [0, 0.05) is 49.0 Å². The van der Waals surface area contributed by atoms with Crippen LogP contribution in [0.2, 0.25) is 0 Å². The van der Waals surface area contributed by atoms with Crippen LogP contribution in [0.3, 0.4) is 0 Å². The van der Waals surface area contributed by atoms with Gasteiger partial charge < -0.3 is 5.32 Å². The Kier molecular flexibility index (Phi) is 3.43. The number of rotatable bonds is 4. The summed E-state index contributed by atoms with van der Waals surface area (Å²) >= 11 is 0. The quantitative estimate of drug-likeness (QED) is 0.786. The molecule has 3 rings (SSSR count). The van der Waals surface area contributed by atoms with Gasteiger partial charge in [0.1, 0.15) is 0 Å². The summed E-state index contributed by atoms with van der Waals surface area (Å²) in [6.45, 7) is 5.51. The molecule has 0 spiro atoms. The summed E-state index contributed by atoms with van der Waals surface area (Å²) in [5, 5.41) is 7.75. The average Bonchev–Trinajstić information content (AvgIpc) is 2.80. The van der Waals surface area contributed by atoms with Gasteiger partial charge in [-0.15, -0.1) is 0 Å². The van der Waals surface area contributed by atoms with Gasteiger partial charge in [0.05, 0.1) is 5.69 Å². The molecule has 0 bridgehead atoms. The van der Waals surface area contributed by atoms with Crippen molar-refractivity contribution in [3.63, 3.8) is 0 Å². The van der Waals surface area contributed by atoms with Gasteiger partial charge in [-0.05, 0) is 25.5 Å². The lowest BCUT2D eigenvalue weighted by Gasteiger charge is -2.05. The van der Waals surface area contributed by atoms with Crippen molar-refractivity contribution in [3.05, 3.63) is 59.3 Å². The molecule has 0 aliphatic heterocycles. The lowest BCUT2D eigenvalue weighted by Crippen LogP contribution is -2.13. The zero-order valence-electron chi connectivity index (χ0n) is 11.7. The largest absolute Gasteiger partial charge is 0.308 e. The van der Waals surface area contributed by atoms with Gasteiger partial charge in [-0.25, -0.2) is 9.50 Å². The number of nitrogens with zero attached hydrogens (tertiary/aromatic N) is 4. The molecule has 0 saturated carbocycles. The van der Waals surface area contributed by atoms with Crippen LogP contribution in [-0.4, -0.2) is 19.6 Å². The molecule has 3 heterocycles. The van der Waals surface area contributed by atoms with Crippen LogP contribution in [0.5, 0.6) is 0 Å². The summed E-state index contributed by atoms with van der Waals surface area (Å²) in [5.41, 5.74) is 5.19. The molecule has 0 aromatic carbocycles. The molecule has 0 atom stereocenters. The van der Waals surface area contributed by atoms with E-state index in [4.69, 9.17) is 0 Å². The predicted molar refractivity (Wildman–Crippen MR) is 77.2 cm³/mol. The smallest absolute Gasteiger partial charge is 0.155 e. The van der Waals surface area contributed by atoms with E-state index >= 15 is 0 Å². The lowest BCUT2D eigenvalue weighted by atomic mass is 10.2. The number of hydrogen-bond donors (Lipinski definition) is 1. The molecule has 0 fully saturated rings. The number of hydrogen-bond acceptors (Lipinski definition) is 4. The molecule has 0 saturated heterocycles. The van der Waals surface area contributed by atoms with Gasteiger partial charge in [0.15, 0.2) is 5.65 Å². The van der Waals surface area contributed by atoms with E-state index in [1.807, 2.05) is 49.1 Å². The molecule has 3 aromatic rings. The van der Waals surface area contributed by atoms with Crippen LogP contribution < -0.4 is 5.32 Å². The third kappa shape index (κ3) is 2.83. The van der Waals surface area contributed by atoms with E-state index in [1.165, 1.54) is 5.56 Å². The summed E-state index contributed by atoms with van der Waals surface area (Å²) < 4.78 is 1.82. The van der Waals surface area contributed by atoms with Gasteiger partial charge in [-0.3, -0.25) is 4.98 Å². The maximum Gasteiger partial charge on any atom is 0.155 e. The second-order valence-electron chi connectivity index (χ2n) is 4.96. The van der Waals surface area contributed by atoms with E-state index in [2.05, 4.69) is 26.4 Å². The Bertz CT molecular complexity index is 715. The number of fused-ring (bicyclic) bond motifs is 1. The van der Waals surface area contributed by atoms with Gasteiger partial charge in [0.2, 0.25) is 0 Å². The molecule has 0 unspecified atom stereocenters. The molecule has 1 N–H and O–H groups in total. The van der Waals surface area contributed by atoms with Crippen LogP contribution in [-0.2, 0) is 13.1 Å². The minimum absolute atomic E-state index is 0.760. The van der Waals surface area contributed by atoms with Gasteiger partial charge >= 0.3 is 0 Å². The van der Waals surface area contributed by atoms with Crippen LogP contribution in [0.1, 0.15) is 22.5 Å². The SMILES string of the molecule is Cc1ccc(CNCc2cnc3cc(C)nn3c2)cn1. The topological polar surface area (TPSA) is 55.1 Å². The lowest BCUT2D eigenvalue weighted by molar-refractivity contribution is 0.683. The first kappa shape index (κ1) is 12.7. The van der Waals surface area contributed by atoms with E-state index in [1.54, 1.807) is 0 Å². The molecular weight excluding hydrogens is 250 g/mol. The Balaban J connectivity index is 1.63. The fourth-order valence-electron chi connectivity index (χ4n) is 2.08. The Morgan fingerprint density at radius 1 is 1.00 bits per heavy atom. The molecule has 102 valence electrons. The van der Waals surface area contributed by atoms with Gasteiger partial charge in [-0.1, -0.05) is 6.07 Å². The first-order chi connectivity index (χ1) is 9.70. The summed E-state index contributed by atoms with van der Waals surface area (Å²) in [5.74, 6) is 0. The molecule has 0 aliphatic rings. The third-order valence-corrected chi connectivity index (χ3v) is 3.12. The second kappa shape index (κ2) is 5.38. The number of aromatic nitrogens is 4. The van der Waals surface area contributed by atoms with Crippen molar-refractivity contribution in [2.24, 2.45) is 0 Å². The molecule has 0 radical (unpaired) electrons. The van der Waals surface area contributed by atoms with Crippen molar-refractivity contribution in [1.29, 1.82) is 0 Å². The summed E-state index contributed by atoms with van der Waals surface area (Å²) in [4.78, 5) is 8.67. The average molecular weight is 267 g/mol. The molecule has 5 nitrogen and oxygen atoms in total. The zero-order valence-corrected chi connectivity index (χ0v) is 11.7. The summed E-state index contributed by atoms with van der Waals surface area (Å²) in [7, 11) is 0. The number of pyridine rings is 1. The van der Waals surface area contributed by atoms with Crippen LogP contribution in [0, 0.1) is 13.8 Å². The van der Waals surface area contributed by atoms with Crippen LogP contribution in [0.4, 0.5) is 0 Å². The molecule has 5 heteroatoms. The molecule has 0 amide bonds. The summed E-state index contributed by atoms with van der Waals surface area (Å²) in [6.07, 6.45) is 5.80. The maximum atomic E-state index is 4.39. The van der Waals surface area contributed by atoms with Crippen molar-refractivity contribution >= 4 is 5.65 Å². The molecule has 20 heavy (non-hydrogen) atoms. The van der Waals surface area contributed by atoms with Crippen molar-refractivity contribution < 1.29 is 0 Å². The van der Waals surface area contributed by atoms with Crippen LogP contribution >= 0.6 is 0 Å². The third-order valence-electron chi connectivity index (χ3n) is 3.12. The van der Waals surface area contributed by atoms with E-state index in [-0.39, 0.29) is 0 Å². The van der Waals surface area contributed by atoms with Crippen molar-refractivity contribution in [2.75, 3.05) is 0 Å². The van der Waals surface area contributed by atoms with Gasteiger partial charge in [-0.2, -0.15) is 5.10 Å². The zero-order chi connectivity index (χ0) is 13.9. The van der Waals surface area contributed by atoms with E-state index in [0.717, 1.165) is 35.7 Å². The number of aryl methyl sites for hydroxylation is 2. The highest BCUT2D eigenvalue weighted by Crippen LogP contribution is 2.05.